The molecular formula is C28H48N2O5Si. The van der Waals surface area contributed by atoms with Gasteiger partial charge >= 0.3 is 12.2 Å². The number of nitrogens with zero attached hydrogens (tertiary/aromatic N) is 2. The molecule has 0 radical (unpaired) electrons. The Kier molecular flexibility index (Phi) is 9.00. The van der Waals surface area contributed by atoms with Crippen molar-refractivity contribution in [1.29, 1.82) is 0 Å². The van der Waals surface area contributed by atoms with E-state index in [2.05, 4.69) is 33.9 Å². The van der Waals surface area contributed by atoms with Crippen LogP contribution in [-0.2, 0) is 20.4 Å². The van der Waals surface area contributed by atoms with E-state index in [4.69, 9.17) is 13.9 Å². The van der Waals surface area contributed by atoms with Crippen molar-refractivity contribution in [3.8, 4) is 0 Å². The molecule has 0 spiro atoms. The molecule has 2 amide bonds. The summed E-state index contributed by atoms with van der Waals surface area (Å²) in [6, 6.07) is 7.95. The fraction of sp³-hybridized carbons (Fsp3) is 0.714. The highest BCUT2D eigenvalue weighted by atomic mass is 28.4. The van der Waals surface area contributed by atoms with Crippen molar-refractivity contribution in [2.45, 2.75) is 117 Å². The largest absolute Gasteiger partial charge is 0.444 e. The number of ether oxygens (including phenoxy) is 2. The van der Waals surface area contributed by atoms with Gasteiger partial charge in [-0.15, -0.1) is 0 Å². The molecule has 1 aromatic carbocycles. The summed E-state index contributed by atoms with van der Waals surface area (Å²) in [6.07, 6.45) is 0.0103. The number of likely N-dealkylation sites (tertiary alicyclic amines) is 1. The third kappa shape index (κ3) is 8.51. The summed E-state index contributed by atoms with van der Waals surface area (Å²) >= 11 is 0. The molecule has 0 saturated carbocycles. The molecule has 2 atom stereocenters. The van der Waals surface area contributed by atoms with Crippen molar-refractivity contribution >= 4 is 20.5 Å². The van der Waals surface area contributed by atoms with Crippen LogP contribution in [0.3, 0.4) is 0 Å². The Morgan fingerprint density at radius 1 is 0.944 bits per heavy atom. The number of carbonyl (C=O) groups is 2. The smallest absolute Gasteiger partial charge is 0.410 e. The van der Waals surface area contributed by atoms with Gasteiger partial charge in [0.25, 0.3) is 0 Å². The summed E-state index contributed by atoms with van der Waals surface area (Å²) < 4.78 is 17.9. The summed E-state index contributed by atoms with van der Waals surface area (Å²) in [6.45, 7) is 23.3. The van der Waals surface area contributed by atoms with Crippen molar-refractivity contribution < 1.29 is 23.5 Å². The fourth-order valence-electron chi connectivity index (χ4n) is 3.84. The summed E-state index contributed by atoms with van der Waals surface area (Å²) in [7, 11) is -0.267. The number of benzene rings is 1. The molecule has 36 heavy (non-hydrogen) atoms. The van der Waals surface area contributed by atoms with Crippen molar-refractivity contribution in [3.05, 3.63) is 35.4 Å². The zero-order valence-electron chi connectivity index (χ0n) is 24.5. The molecule has 1 saturated heterocycles. The molecular weight excluding hydrogens is 472 g/mol. The van der Waals surface area contributed by atoms with Gasteiger partial charge < -0.3 is 18.8 Å². The molecule has 1 fully saturated rings. The van der Waals surface area contributed by atoms with Gasteiger partial charge in [0, 0.05) is 20.1 Å². The van der Waals surface area contributed by atoms with Crippen LogP contribution in [0.25, 0.3) is 0 Å². The van der Waals surface area contributed by atoms with E-state index in [0.717, 1.165) is 17.5 Å². The van der Waals surface area contributed by atoms with E-state index in [1.165, 1.54) is 0 Å². The SMILES string of the molecule is CN(Cc1ccc([C@H]2C[C@@H](O[Si](C)(C)C(C)(C)C)CN2C(=O)OC(C)(C)C)cc1)C(=O)OC(C)(C)C. The first-order chi connectivity index (χ1) is 16.2. The van der Waals surface area contributed by atoms with Gasteiger partial charge in [-0.05, 0) is 77.2 Å². The zero-order chi connectivity index (χ0) is 27.7. The maximum atomic E-state index is 13.2. The second-order valence-electron chi connectivity index (χ2n) is 13.5. The van der Waals surface area contributed by atoms with Gasteiger partial charge in [-0.25, -0.2) is 9.59 Å². The van der Waals surface area contributed by atoms with Gasteiger partial charge in [0.15, 0.2) is 8.32 Å². The maximum Gasteiger partial charge on any atom is 0.410 e. The van der Waals surface area contributed by atoms with Crippen molar-refractivity contribution in [1.82, 2.24) is 9.80 Å². The minimum absolute atomic E-state index is 0.0404. The van der Waals surface area contributed by atoms with Crippen LogP contribution in [0.1, 0.15) is 85.9 Å². The van der Waals surface area contributed by atoms with Gasteiger partial charge in [-0.2, -0.15) is 0 Å². The minimum atomic E-state index is -2.00. The molecule has 0 N–H and O–H groups in total. The molecule has 0 unspecified atom stereocenters. The molecule has 1 aliphatic heterocycles. The predicted octanol–water partition coefficient (Wildman–Crippen LogP) is 7.13. The monoisotopic (exact) mass is 520 g/mol. The van der Waals surface area contributed by atoms with Crippen LogP contribution >= 0.6 is 0 Å². The highest BCUT2D eigenvalue weighted by molar-refractivity contribution is 6.74. The number of amides is 2. The average Bonchev–Trinajstić information content (AvgIpc) is 3.08. The van der Waals surface area contributed by atoms with E-state index >= 15 is 0 Å². The second-order valence-corrected chi connectivity index (χ2v) is 18.2. The minimum Gasteiger partial charge on any atom is -0.444 e. The Labute approximate surface area is 219 Å². The second kappa shape index (κ2) is 10.7. The molecule has 204 valence electrons. The Balaban J connectivity index is 2.21. The molecule has 7 nitrogen and oxygen atoms in total. The van der Waals surface area contributed by atoms with Crippen LogP contribution in [-0.4, -0.2) is 61.2 Å². The van der Waals surface area contributed by atoms with Crippen molar-refractivity contribution in [2.24, 2.45) is 0 Å². The van der Waals surface area contributed by atoms with E-state index in [1.54, 1.807) is 11.9 Å². The van der Waals surface area contributed by atoms with Crippen LogP contribution in [0.4, 0.5) is 9.59 Å². The standard InChI is InChI=1S/C28H48N2O5Si/c1-26(2,3)33-24(31)29(10)18-20-13-15-21(16-14-20)23-17-22(35-36(11,12)28(7,8)9)19-30(23)25(32)34-27(4,5)6/h13-16,22-23H,17-19H2,1-12H3/t22-,23-/m1/s1. The summed E-state index contributed by atoms with van der Waals surface area (Å²) in [4.78, 5) is 28.9. The van der Waals surface area contributed by atoms with E-state index in [1.807, 2.05) is 70.7 Å². The van der Waals surface area contributed by atoms with Crippen LogP contribution < -0.4 is 0 Å². The Hall–Kier alpha value is -2.06. The predicted molar refractivity (Wildman–Crippen MR) is 147 cm³/mol. The molecule has 1 aromatic rings. The lowest BCUT2D eigenvalue weighted by Crippen LogP contribution is -2.45. The Morgan fingerprint density at radius 2 is 1.47 bits per heavy atom. The fourth-order valence-corrected chi connectivity index (χ4v) is 5.20. The van der Waals surface area contributed by atoms with Crippen molar-refractivity contribution in [2.75, 3.05) is 13.6 Å². The molecule has 0 aliphatic carbocycles. The third-order valence-electron chi connectivity index (χ3n) is 6.65. The Bertz CT molecular complexity index is 910. The summed E-state index contributed by atoms with van der Waals surface area (Å²) in [5.41, 5.74) is 0.913. The van der Waals surface area contributed by atoms with E-state index < -0.39 is 19.5 Å². The molecule has 8 heteroatoms. The van der Waals surface area contributed by atoms with E-state index in [0.29, 0.717) is 13.1 Å². The third-order valence-corrected chi connectivity index (χ3v) is 11.2. The number of hydrogen-bond donors (Lipinski definition) is 0. The normalized spacial score (nSPS) is 19.3. The molecule has 0 aromatic heterocycles. The van der Waals surface area contributed by atoms with Crippen LogP contribution in [0, 0.1) is 0 Å². The van der Waals surface area contributed by atoms with Crippen LogP contribution in [0.5, 0.6) is 0 Å². The summed E-state index contributed by atoms with van der Waals surface area (Å²) in [5.74, 6) is 0. The lowest BCUT2D eigenvalue weighted by Gasteiger charge is -2.38. The molecule has 0 bridgehead atoms. The quantitative estimate of drug-likeness (QED) is 0.386. The van der Waals surface area contributed by atoms with Crippen LogP contribution in [0.15, 0.2) is 24.3 Å². The molecule has 1 aliphatic rings. The lowest BCUT2D eigenvalue weighted by atomic mass is 10.0. The van der Waals surface area contributed by atoms with Crippen molar-refractivity contribution in [3.63, 3.8) is 0 Å². The molecule has 2 rings (SSSR count). The van der Waals surface area contributed by atoms with Gasteiger partial charge in [-0.1, -0.05) is 45.0 Å². The van der Waals surface area contributed by atoms with E-state index in [9.17, 15) is 9.59 Å². The van der Waals surface area contributed by atoms with Gasteiger partial charge in [0.1, 0.15) is 11.2 Å². The summed E-state index contributed by atoms with van der Waals surface area (Å²) in [5, 5.41) is 0.0870. The highest BCUT2D eigenvalue weighted by Gasteiger charge is 2.44. The van der Waals surface area contributed by atoms with Gasteiger partial charge in [0.05, 0.1) is 12.1 Å². The topological polar surface area (TPSA) is 68.3 Å². The number of hydrogen-bond acceptors (Lipinski definition) is 5. The number of carbonyl (C=O) groups excluding carboxylic acids is 2. The zero-order valence-corrected chi connectivity index (χ0v) is 25.5. The number of rotatable bonds is 5. The van der Waals surface area contributed by atoms with Gasteiger partial charge in [0.2, 0.25) is 0 Å². The Morgan fingerprint density at radius 3 is 1.94 bits per heavy atom. The first kappa shape index (κ1) is 30.2. The first-order valence-electron chi connectivity index (χ1n) is 12.9. The first-order valence-corrected chi connectivity index (χ1v) is 15.8. The van der Waals surface area contributed by atoms with Gasteiger partial charge in [-0.3, -0.25) is 4.90 Å². The maximum absolute atomic E-state index is 13.2. The highest BCUT2D eigenvalue weighted by Crippen LogP contribution is 2.41. The molecule has 1 heterocycles. The van der Waals surface area contributed by atoms with E-state index in [-0.39, 0.29) is 29.4 Å². The lowest BCUT2D eigenvalue weighted by molar-refractivity contribution is 0.0207. The van der Waals surface area contributed by atoms with Crippen LogP contribution in [0.2, 0.25) is 18.1 Å². The average molecular weight is 521 g/mol.